The molecule has 0 atom stereocenters. The van der Waals surface area contributed by atoms with E-state index >= 15 is 0 Å². The second kappa shape index (κ2) is 8.33. The number of carbonyl (C=O) groups is 1. The number of likely N-dealkylation sites (tertiary alicyclic amines) is 1. The molecule has 4 aromatic rings. The Bertz CT molecular complexity index is 1390. The predicted octanol–water partition coefficient (Wildman–Crippen LogP) is 5.12. The van der Waals surface area contributed by atoms with Gasteiger partial charge in [-0.1, -0.05) is 18.6 Å². The van der Waals surface area contributed by atoms with Gasteiger partial charge >= 0.3 is 0 Å². The van der Waals surface area contributed by atoms with Crippen molar-refractivity contribution in [2.75, 3.05) is 13.1 Å². The number of benzene rings is 1. The molecule has 33 heavy (non-hydrogen) atoms. The molecule has 2 aliphatic rings. The van der Waals surface area contributed by atoms with Crippen LogP contribution in [0.25, 0.3) is 20.4 Å². The van der Waals surface area contributed by atoms with Gasteiger partial charge in [-0.05, 0) is 50.3 Å². The maximum atomic E-state index is 13.4. The summed E-state index contributed by atoms with van der Waals surface area (Å²) < 4.78 is 3.07. The Balaban J connectivity index is 1.24. The molecule has 0 saturated carbocycles. The highest BCUT2D eigenvalue weighted by molar-refractivity contribution is 7.20. The van der Waals surface area contributed by atoms with Crippen molar-refractivity contribution in [3.63, 3.8) is 0 Å². The lowest BCUT2D eigenvalue weighted by Crippen LogP contribution is -2.37. The Morgan fingerprint density at radius 3 is 2.67 bits per heavy atom. The molecular formula is C25H26N4O2S2. The van der Waals surface area contributed by atoms with Gasteiger partial charge in [0.2, 0.25) is 0 Å². The Morgan fingerprint density at radius 2 is 1.85 bits per heavy atom. The molecule has 8 heteroatoms. The summed E-state index contributed by atoms with van der Waals surface area (Å²) >= 11 is 3.17. The molecule has 6 rings (SSSR count). The number of thiophene rings is 1. The average molecular weight is 479 g/mol. The first-order valence-electron chi connectivity index (χ1n) is 11.8. The molecule has 2 aliphatic heterocycles. The summed E-state index contributed by atoms with van der Waals surface area (Å²) in [5.41, 5.74) is 1.89. The minimum atomic E-state index is 0.0271. The molecule has 1 saturated heterocycles. The van der Waals surface area contributed by atoms with Gasteiger partial charge < -0.3 is 4.90 Å². The molecule has 1 amide bonds. The van der Waals surface area contributed by atoms with Crippen LogP contribution in [0.4, 0.5) is 0 Å². The molecule has 0 bridgehead atoms. The van der Waals surface area contributed by atoms with Gasteiger partial charge in [0.15, 0.2) is 0 Å². The van der Waals surface area contributed by atoms with Crippen LogP contribution in [0, 0.1) is 6.92 Å². The van der Waals surface area contributed by atoms with Crippen LogP contribution in [0.3, 0.4) is 0 Å². The number of aryl methyl sites for hydroxylation is 2. The van der Waals surface area contributed by atoms with Crippen molar-refractivity contribution in [2.24, 2.45) is 0 Å². The first-order chi connectivity index (χ1) is 16.1. The van der Waals surface area contributed by atoms with Crippen LogP contribution in [0.2, 0.25) is 0 Å². The van der Waals surface area contributed by atoms with Crippen LogP contribution in [-0.2, 0) is 13.0 Å². The van der Waals surface area contributed by atoms with Gasteiger partial charge in [-0.25, -0.2) is 9.97 Å². The third kappa shape index (κ3) is 3.60. The van der Waals surface area contributed by atoms with Gasteiger partial charge in [-0.2, -0.15) is 0 Å². The maximum absolute atomic E-state index is 13.4. The Labute approximate surface area is 199 Å². The van der Waals surface area contributed by atoms with Gasteiger partial charge in [0.25, 0.3) is 11.5 Å². The number of para-hydroxylation sites is 1. The summed E-state index contributed by atoms with van der Waals surface area (Å²) in [7, 11) is 0. The highest BCUT2D eigenvalue weighted by Gasteiger charge is 2.29. The van der Waals surface area contributed by atoms with Crippen molar-refractivity contribution in [3.05, 3.63) is 55.9 Å². The first-order valence-corrected chi connectivity index (χ1v) is 13.4. The van der Waals surface area contributed by atoms with Crippen molar-refractivity contribution in [1.82, 2.24) is 19.4 Å². The van der Waals surface area contributed by atoms with E-state index < -0.39 is 0 Å². The van der Waals surface area contributed by atoms with Crippen molar-refractivity contribution in [2.45, 2.75) is 57.9 Å². The van der Waals surface area contributed by atoms with Gasteiger partial charge in [0.1, 0.15) is 10.7 Å². The Kier molecular flexibility index (Phi) is 5.30. The topological polar surface area (TPSA) is 68.1 Å². The number of hydrogen-bond acceptors (Lipinski definition) is 6. The molecule has 6 nitrogen and oxygen atoms in total. The van der Waals surface area contributed by atoms with Gasteiger partial charge in [-0.15, -0.1) is 22.7 Å². The first kappa shape index (κ1) is 21.0. The fourth-order valence-electron chi connectivity index (χ4n) is 5.15. The van der Waals surface area contributed by atoms with E-state index in [0.717, 1.165) is 79.9 Å². The van der Waals surface area contributed by atoms with E-state index in [0.29, 0.717) is 16.2 Å². The molecule has 170 valence electrons. The molecular weight excluding hydrogens is 452 g/mol. The zero-order valence-electron chi connectivity index (χ0n) is 18.7. The summed E-state index contributed by atoms with van der Waals surface area (Å²) in [5.74, 6) is 1.32. The van der Waals surface area contributed by atoms with Crippen LogP contribution in [0.1, 0.15) is 64.1 Å². The molecule has 1 aromatic carbocycles. The number of amides is 1. The highest BCUT2D eigenvalue weighted by Crippen LogP contribution is 2.35. The molecule has 0 spiro atoms. The SMILES string of the molecule is Cc1c(C(=O)N2CCC(c3nc4ccccc4s3)CC2)sc2nc3n(c(=O)c12)CCCCC3. The molecule has 0 aliphatic carbocycles. The normalized spacial score (nSPS) is 17.4. The Morgan fingerprint density at radius 1 is 1.03 bits per heavy atom. The number of thiazole rings is 1. The number of aromatic nitrogens is 3. The number of hydrogen-bond donors (Lipinski definition) is 0. The van der Waals surface area contributed by atoms with Crippen LogP contribution < -0.4 is 5.56 Å². The Hall–Kier alpha value is -2.58. The zero-order valence-corrected chi connectivity index (χ0v) is 20.3. The molecule has 0 radical (unpaired) electrons. The third-order valence-electron chi connectivity index (χ3n) is 7.05. The quantitative estimate of drug-likeness (QED) is 0.401. The lowest BCUT2D eigenvalue weighted by atomic mass is 9.97. The fourth-order valence-corrected chi connectivity index (χ4v) is 7.45. The van der Waals surface area contributed by atoms with E-state index in [4.69, 9.17) is 9.97 Å². The number of carbonyl (C=O) groups excluding carboxylic acids is 1. The van der Waals surface area contributed by atoms with Crippen molar-refractivity contribution in [3.8, 4) is 0 Å². The summed E-state index contributed by atoms with van der Waals surface area (Å²) in [6, 6.07) is 8.26. The number of nitrogens with zero attached hydrogens (tertiary/aromatic N) is 4. The molecule has 3 aromatic heterocycles. The lowest BCUT2D eigenvalue weighted by molar-refractivity contribution is 0.0717. The molecule has 0 N–H and O–H groups in total. The molecule has 5 heterocycles. The van der Waals surface area contributed by atoms with E-state index in [2.05, 4.69) is 18.2 Å². The monoisotopic (exact) mass is 478 g/mol. The van der Waals surface area contributed by atoms with E-state index in [1.54, 1.807) is 11.3 Å². The van der Waals surface area contributed by atoms with Crippen molar-refractivity contribution in [1.29, 1.82) is 0 Å². The molecule has 0 unspecified atom stereocenters. The third-order valence-corrected chi connectivity index (χ3v) is 9.42. The second-order valence-electron chi connectivity index (χ2n) is 9.12. The molecule has 1 fully saturated rings. The van der Waals surface area contributed by atoms with Crippen LogP contribution in [-0.4, -0.2) is 38.4 Å². The summed E-state index contributed by atoms with van der Waals surface area (Å²) in [4.78, 5) is 39.7. The average Bonchev–Trinajstić information content (AvgIpc) is 3.32. The van der Waals surface area contributed by atoms with E-state index in [-0.39, 0.29) is 11.5 Å². The smallest absolute Gasteiger partial charge is 0.264 e. The minimum Gasteiger partial charge on any atom is -0.338 e. The summed E-state index contributed by atoms with van der Waals surface area (Å²) in [5, 5.41) is 1.82. The zero-order chi connectivity index (χ0) is 22.5. The minimum absolute atomic E-state index is 0.0271. The maximum Gasteiger partial charge on any atom is 0.264 e. The fraction of sp³-hybridized carbons (Fsp3) is 0.440. The summed E-state index contributed by atoms with van der Waals surface area (Å²) in [6.07, 6.45) is 5.89. The number of rotatable bonds is 2. The van der Waals surface area contributed by atoms with E-state index in [9.17, 15) is 9.59 Å². The van der Waals surface area contributed by atoms with Gasteiger partial charge in [-0.3, -0.25) is 14.2 Å². The summed E-state index contributed by atoms with van der Waals surface area (Å²) in [6.45, 7) is 4.08. The van der Waals surface area contributed by atoms with Gasteiger partial charge in [0.05, 0.1) is 25.5 Å². The highest BCUT2D eigenvalue weighted by atomic mass is 32.1. The van der Waals surface area contributed by atoms with Crippen molar-refractivity contribution >= 4 is 49.0 Å². The van der Waals surface area contributed by atoms with Gasteiger partial charge in [0, 0.05) is 32.0 Å². The largest absolute Gasteiger partial charge is 0.338 e. The standard InChI is InChI=1S/C25H26N4O2S2/c1-15-20-23(27-19-9-3-2-6-12-29(19)24(20)30)33-21(15)25(31)28-13-10-16(11-14-28)22-26-17-7-4-5-8-18(17)32-22/h4-5,7-8,16H,2-3,6,9-14H2,1H3. The van der Waals surface area contributed by atoms with E-state index in [1.807, 2.05) is 22.5 Å². The second-order valence-corrected chi connectivity index (χ2v) is 11.2. The lowest BCUT2D eigenvalue weighted by Gasteiger charge is -2.31. The number of piperidine rings is 1. The van der Waals surface area contributed by atoms with E-state index in [1.165, 1.54) is 21.0 Å². The number of fused-ring (bicyclic) bond motifs is 3. The van der Waals surface area contributed by atoms with Crippen LogP contribution in [0.15, 0.2) is 29.1 Å². The van der Waals surface area contributed by atoms with Crippen molar-refractivity contribution < 1.29 is 4.79 Å². The predicted molar refractivity (Wildman–Crippen MR) is 134 cm³/mol. The van der Waals surface area contributed by atoms with Crippen LogP contribution >= 0.6 is 22.7 Å². The van der Waals surface area contributed by atoms with Crippen LogP contribution in [0.5, 0.6) is 0 Å².